The van der Waals surface area contributed by atoms with Crippen LogP contribution < -0.4 is 21.1 Å². The minimum atomic E-state index is -0.569. The summed E-state index contributed by atoms with van der Waals surface area (Å²) in [6.45, 7) is 2.51. The summed E-state index contributed by atoms with van der Waals surface area (Å²) in [5.41, 5.74) is 11.7. The number of amides is 1. The second kappa shape index (κ2) is 7.85. The Balaban J connectivity index is 1.59. The Kier molecular flexibility index (Phi) is 5.34. The van der Waals surface area contributed by atoms with Crippen molar-refractivity contribution >= 4 is 29.5 Å². The van der Waals surface area contributed by atoms with Gasteiger partial charge in [0.1, 0.15) is 5.75 Å². The quantitative estimate of drug-likeness (QED) is 0.693. The van der Waals surface area contributed by atoms with Crippen LogP contribution in [-0.4, -0.2) is 40.0 Å². The second-order valence-corrected chi connectivity index (χ2v) is 5.91. The predicted octanol–water partition coefficient (Wildman–Crippen LogP) is 0.531. The fourth-order valence-corrected chi connectivity index (χ4v) is 2.78. The van der Waals surface area contributed by atoms with E-state index in [0.29, 0.717) is 12.3 Å². The van der Waals surface area contributed by atoms with E-state index in [1.807, 2.05) is 6.92 Å². The third-order valence-corrected chi connectivity index (χ3v) is 3.98. The molecule has 1 amide bonds. The first-order valence-electron chi connectivity index (χ1n) is 8.42. The summed E-state index contributed by atoms with van der Waals surface area (Å²) < 4.78 is 10.6. The summed E-state index contributed by atoms with van der Waals surface area (Å²) in [5, 5.41) is 0. The zero-order chi connectivity index (χ0) is 19.4. The van der Waals surface area contributed by atoms with Crippen molar-refractivity contribution in [3.8, 4) is 5.75 Å². The number of nitrogens with two attached hydrogens (primary N) is 2. The van der Waals surface area contributed by atoms with E-state index >= 15 is 0 Å². The molecule has 2 heterocycles. The Hall–Kier alpha value is -3.43. The molecule has 3 rings (SSSR count). The van der Waals surface area contributed by atoms with Gasteiger partial charge in [0.15, 0.2) is 12.4 Å². The smallest absolute Gasteiger partial charge is 0.311 e. The largest absolute Gasteiger partial charge is 0.494 e. The molecule has 0 radical (unpaired) electrons. The molecule has 4 N–H and O–H groups in total. The normalized spacial score (nSPS) is 16.4. The molecular formula is C17H20N6O4. The summed E-state index contributed by atoms with van der Waals surface area (Å²) in [6.07, 6.45) is 0.0769. The number of anilines is 3. The minimum Gasteiger partial charge on any atom is -0.494 e. The van der Waals surface area contributed by atoms with Crippen molar-refractivity contribution in [2.75, 3.05) is 29.5 Å². The molecule has 1 aliphatic heterocycles. The van der Waals surface area contributed by atoms with Gasteiger partial charge < -0.3 is 25.8 Å². The van der Waals surface area contributed by atoms with Gasteiger partial charge in [-0.05, 0) is 31.2 Å². The van der Waals surface area contributed by atoms with E-state index in [9.17, 15) is 9.59 Å². The van der Waals surface area contributed by atoms with Crippen LogP contribution in [0.15, 0.2) is 24.3 Å². The number of esters is 1. The van der Waals surface area contributed by atoms with Crippen LogP contribution in [0.4, 0.5) is 17.6 Å². The lowest BCUT2D eigenvalue weighted by molar-refractivity contribution is -0.149. The first-order chi connectivity index (χ1) is 13.0. The molecule has 1 atom stereocenters. The lowest BCUT2D eigenvalue weighted by atomic mass is 10.1. The van der Waals surface area contributed by atoms with Crippen molar-refractivity contribution in [1.29, 1.82) is 0 Å². The predicted molar refractivity (Wildman–Crippen MR) is 96.5 cm³/mol. The van der Waals surface area contributed by atoms with Crippen LogP contribution in [-0.2, 0) is 20.9 Å². The first-order valence-corrected chi connectivity index (χ1v) is 8.42. The third-order valence-electron chi connectivity index (χ3n) is 3.98. The van der Waals surface area contributed by atoms with Gasteiger partial charge in [-0.1, -0.05) is 0 Å². The van der Waals surface area contributed by atoms with E-state index < -0.39 is 11.9 Å². The molecule has 2 aromatic rings. The second-order valence-electron chi connectivity index (χ2n) is 5.91. The number of carbonyl (C=O) groups is 2. The minimum absolute atomic E-state index is 0.0498. The highest BCUT2D eigenvalue weighted by atomic mass is 16.5. The molecule has 1 aromatic heterocycles. The molecule has 142 valence electrons. The Bertz CT molecular complexity index is 822. The summed E-state index contributed by atoms with van der Waals surface area (Å²) >= 11 is 0. The zero-order valence-electron chi connectivity index (χ0n) is 14.8. The molecule has 0 spiro atoms. The molecule has 0 aliphatic carbocycles. The van der Waals surface area contributed by atoms with Gasteiger partial charge in [0.25, 0.3) is 0 Å². The SMILES string of the molecule is CCOc1ccc(N2C[C@H](C(=O)OCc3nc(N)nc(N)n3)CC2=O)cc1. The highest BCUT2D eigenvalue weighted by Gasteiger charge is 2.36. The fourth-order valence-electron chi connectivity index (χ4n) is 2.78. The maximum Gasteiger partial charge on any atom is 0.311 e. The van der Waals surface area contributed by atoms with E-state index in [-0.39, 0.29) is 43.2 Å². The number of ether oxygens (including phenoxy) is 2. The Morgan fingerprint density at radius 1 is 1.19 bits per heavy atom. The van der Waals surface area contributed by atoms with Gasteiger partial charge in [-0.3, -0.25) is 9.59 Å². The number of nitrogens with zero attached hydrogens (tertiary/aromatic N) is 4. The summed E-state index contributed by atoms with van der Waals surface area (Å²) in [6, 6.07) is 7.14. The summed E-state index contributed by atoms with van der Waals surface area (Å²) in [7, 11) is 0. The molecule has 1 fully saturated rings. The molecule has 1 aliphatic rings. The van der Waals surface area contributed by atoms with Gasteiger partial charge in [0, 0.05) is 18.7 Å². The van der Waals surface area contributed by atoms with Gasteiger partial charge >= 0.3 is 5.97 Å². The highest BCUT2D eigenvalue weighted by molar-refractivity contribution is 5.99. The zero-order valence-corrected chi connectivity index (χ0v) is 14.8. The Morgan fingerprint density at radius 3 is 2.48 bits per heavy atom. The van der Waals surface area contributed by atoms with Gasteiger partial charge in [-0.15, -0.1) is 0 Å². The summed E-state index contributed by atoms with van der Waals surface area (Å²) in [4.78, 5) is 37.5. The van der Waals surface area contributed by atoms with Crippen LogP contribution >= 0.6 is 0 Å². The monoisotopic (exact) mass is 372 g/mol. The molecule has 0 bridgehead atoms. The Morgan fingerprint density at radius 2 is 1.85 bits per heavy atom. The number of benzene rings is 1. The van der Waals surface area contributed by atoms with Crippen molar-refractivity contribution in [3.63, 3.8) is 0 Å². The number of hydrogen-bond acceptors (Lipinski definition) is 9. The number of hydrogen-bond donors (Lipinski definition) is 2. The van der Waals surface area contributed by atoms with Crippen LogP contribution in [0.2, 0.25) is 0 Å². The van der Waals surface area contributed by atoms with E-state index in [0.717, 1.165) is 5.75 Å². The van der Waals surface area contributed by atoms with Crippen molar-refractivity contribution in [1.82, 2.24) is 15.0 Å². The van der Waals surface area contributed by atoms with Gasteiger partial charge in [-0.2, -0.15) is 15.0 Å². The topological polar surface area (TPSA) is 147 Å². The molecule has 27 heavy (non-hydrogen) atoms. The molecule has 10 heteroatoms. The van der Waals surface area contributed by atoms with E-state index in [1.54, 1.807) is 29.2 Å². The van der Waals surface area contributed by atoms with Crippen LogP contribution in [0, 0.1) is 5.92 Å². The van der Waals surface area contributed by atoms with Crippen molar-refractivity contribution in [2.45, 2.75) is 20.0 Å². The lowest BCUT2D eigenvalue weighted by Gasteiger charge is -2.17. The fraction of sp³-hybridized carbons (Fsp3) is 0.353. The van der Waals surface area contributed by atoms with E-state index in [1.165, 1.54) is 0 Å². The van der Waals surface area contributed by atoms with Gasteiger partial charge in [0.2, 0.25) is 17.8 Å². The van der Waals surface area contributed by atoms with Crippen LogP contribution in [0.1, 0.15) is 19.2 Å². The Labute approximate surface area is 155 Å². The van der Waals surface area contributed by atoms with Crippen molar-refractivity contribution in [2.24, 2.45) is 5.92 Å². The molecule has 0 saturated carbocycles. The number of aromatic nitrogens is 3. The van der Waals surface area contributed by atoms with E-state index in [2.05, 4.69) is 15.0 Å². The average Bonchev–Trinajstić information content (AvgIpc) is 3.02. The third kappa shape index (κ3) is 4.40. The lowest BCUT2D eigenvalue weighted by Crippen LogP contribution is -2.26. The van der Waals surface area contributed by atoms with Crippen LogP contribution in [0.5, 0.6) is 5.75 Å². The van der Waals surface area contributed by atoms with Crippen molar-refractivity contribution in [3.05, 3.63) is 30.1 Å². The molecule has 1 aromatic carbocycles. The number of carbonyl (C=O) groups excluding carboxylic acids is 2. The van der Waals surface area contributed by atoms with Gasteiger partial charge in [0.05, 0.1) is 12.5 Å². The average molecular weight is 372 g/mol. The molecular weight excluding hydrogens is 352 g/mol. The number of nitrogen functional groups attached to an aromatic ring is 2. The maximum absolute atomic E-state index is 12.3. The van der Waals surface area contributed by atoms with Crippen LogP contribution in [0.3, 0.4) is 0 Å². The summed E-state index contributed by atoms with van der Waals surface area (Å²) in [5.74, 6) is -0.442. The molecule has 10 nitrogen and oxygen atoms in total. The number of rotatable bonds is 6. The highest BCUT2D eigenvalue weighted by Crippen LogP contribution is 2.27. The standard InChI is InChI=1S/C17H20N6O4/c1-2-26-12-5-3-11(4-6-12)23-8-10(7-14(23)24)15(25)27-9-13-20-16(18)22-17(19)21-13/h3-6,10H,2,7-9H2,1H3,(H4,18,19,20,21,22)/t10-/m1/s1. The maximum atomic E-state index is 12.3. The van der Waals surface area contributed by atoms with E-state index in [4.69, 9.17) is 20.9 Å². The molecule has 0 unspecified atom stereocenters. The van der Waals surface area contributed by atoms with Crippen molar-refractivity contribution < 1.29 is 19.1 Å². The first kappa shape index (κ1) is 18.4. The van der Waals surface area contributed by atoms with Crippen LogP contribution in [0.25, 0.3) is 0 Å². The van der Waals surface area contributed by atoms with Gasteiger partial charge in [-0.25, -0.2) is 0 Å². The molecule has 1 saturated heterocycles.